The van der Waals surface area contributed by atoms with Crippen molar-refractivity contribution in [2.24, 2.45) is 5.92 Å². The van der Waals surface area contributed by atoms with Gasteiger partial charge in [-0.25, -0.2) is 5.01 Å². The van der Waals surface area contributed by atoms with Crippen LogP contribution in [-0.2, 0) is 4.79 Å². The van der Waals surface area contributed by atoms with E-state index in [0.717, 1.165) is 19.3 Å². The number of nitrogens with zero attached hydrogens (tertiary/aromatic N) is 1. The predicted octanol–water partition coefficient (Wildman–Crippen LogP) is 2.77. The van der Waals surface area contributed by atoms with Crippen LogP contribution in [0, 0.1) is 5.92 Å². The van der Waals surface area contributed by atoms with Crippen molar-refractivity contribution in [3.63, 3.8) is 0 Å². The molecule has 0 saturated heterocycles. The molecule has 120 valence electrons. The lowest BCUT2D eigenvalue weighted by Crippen LogP contribution is -2.58. The third-order valence-electron chi connectivity index (χ3n) is 3.91. The van der Waals surface area contributed by atoms with Crippen molar-refractivity contribution < 1.29 is 14.3 Å². The van der Waals surface area contributed by atoms with Crippen LogP contribution in [0.2, 0.25) is 0 Å². The first kappa shape index (κ1) is 16.3. The summed E-state index contributed by atoms with van der Waals surface area (Å²) in [5, 5.41) is 1.46. The number of amides is 2. The van der Waals surface area contributed by atoms with Crippen LogP contribution in [-0.4, -0.2) is 29.5 Å². The van der Waals surface area contributed by atoms with Crippen molar-refractivity contribution in [3.05, 3.63) is 29.8 Å². The Labute approximate surface area is 131 Å². The van der Waals surface area contributed by atoms with E-state index in [2.05, 4.69) is 5.43 Å². The zero-order valence-electron chi connectivity index (χ0n) is 13.7. The molecule has 0 spiro atoms. The summed E-state index contributed by atoms with van der Waals surface area (Å²) in [4.78, 5) is 25.1. The number of rotatable bonds is 3. The van der Waals surface area contributed by atoms with Gasteiger partial charge in [-0.05, 0) is 45.7 Å². The molecule has 5 nitrogen and oxygen atoms in total. The number of hydrogen-bond acceptors (Lipinski definition) is 3. The second-order valence-corrected chi connectivity index (χ2v) is 6.61. The van der Waals surface area contributed by atoms with Crippen LogP contribution in [0.5, 0.6) is 5.75 Å². The summed E-state index contributed by atoms with van der Waals surface area (Å²) in [5.41, 5.74) is 2.70. The van der Waals surface area contributed by atoms with E-state index in [9.17, 15) is 9.59 Å². The fourth-order valence-electron chi connectivity index (χ4n) is 2.39. The molecule has 0 aromatic heterocycles. The molecule has 0 unspecified atom stereocenters. The van der Waals surface area contributed by atoms with Crippen molar-refractivity contribution in [1.29, 1.82) is 0 Å². The van der Waals surface area contributed by atoms with E-state index < -0.39 is 5.54 Å². The lowest BCUT2D eigenvalue weighted by Gasteiger charge is -2.39. The third kappa shape index (κ3) is 3.40. The number of carbonyl (C=O) groups excluding carboxylic acids is 2. The molecule has 1 saturated carbocycles. The molecule has 0 aliphatic heterocycles. The number of carbonyl (C=O) groups is 2. The maximum Gasteiger partial charge on any atom is 0.273 e. The number of ether oxygens (including phenoxy) is 1. The van der Waals surface area contributed by atoms with E-state index >= 15 is 0 Å². The molecule has 1 fully saturated rings. The second kappa shape index (κ2) is 6.38. The Morgan fingerprint density at radius 2 is 1.86 bits per heavy atom. The summed E-state index contributed by atoms with van der Waals surface area (Å²) in [6.07, 6.45) is 2.88. The SMILES string of the molecule is COc1ccccc1C(=O)NN(C(=O)C1CCC1)C(C)(C)C. The van der Waals surface area contributed by atoms with Crippen LogP contribution in [0.3, 0.4) is 0 Å². The first-order valence-corrected chi connectivity index (χ1v) is 7.62. The van der Waals surface area contributed by atoms with Crippen molar-refractivity contribution in [3.8, 4) is 5.75 Å². The zero-order valence-corrected chi connectivity index (χ0v) is 13.7. The minimum Gasteiger partial charge on any atom is -0.496 e. The highest BCUT2D eigenvalue weighted by atomic mass is 16.5. The Morgan fingerprint density at radius 1 is 1.23 bits per heavy atom. The van der Waals surface area contributed by atoms with Gasteiger partial charge in [0.25, 0.3) is 5.91 Å². The molecule has 0 atom stereocenters. The lowest BCUT2D eigenvalue weighted by molar-refractivity contribution is -0.146. The Kier molecular flexibility index (Phi) is 4.74. The van der Waals surface area contributed by atoms with Gasteiger partial charge >= 0.3 is 0 Å². The standard InChI is InChI=1S/C17H24N2O3/c1-17(2,3)19(16(21)12-8-7-9-12)18-15(20)13-10-5-6-11-14(13)22-4/h5-6,10-12H,7-9H2,1-4H3,(H,18,20). The van der Waals surface area contributed by atoms with Gasteiger partial charge in [0.1, 0.15) is 5.75 Å². The Hall–Kier alpha value is -2.04. The second-order valence-electron chi connectivity index (χ2n) is 6.61. The molecule has 1 aromatic rings. The van der Waals surface area contributed by atoms with Gasteiger partial charge in [0.15, 0.2) is 0 Å². The van der Waals surface area contributed by atoms with Crippen molar-refractivity contribution in [2.45, 2.75) is 45.6 Å². The summed E-state index contributed by atoms with van der Waals surface area (Å²) >= 11 is 0. The molecule has 22 heavy (non-hydrogen) atoms. The average Bonchev–Trinajstić information content (AvgIpc) is 2.41. The summed E-state index contributed by atoms with van der Waals surface area (Å²) in [7, 11) is 1.52. The van der Waals surface area contributed by atoms with Crippen LogP contribution >= 0.6 is 0 Å². The van der Waals surface area contributed by atoms with Gasteiger partial charge in [-0.15, -0.1) is 0 Å². The van der Waals surface area contributed by atoms with Crippen LogP contribution in [0.4, 0.5) is 0 Å². The van der Waals surface area contributed by atoms with Gasteiger partial charge in [0, 0.05) is 5.92 Å². The molecule has 1 aliphatic carbocycles. The first-order valence-electron chi connectivity index (χ1n) is 7.62. The van der Waals surface area contributed by atoms with E-state index in [4.69, 9.17) is 4.74 Å². The maximum absolute atomic E-state index is 12.6. The van der Waals surface area contributed by atoms with Crippen LogP contribution in [0.15, 0.2) is 24.3 Å². The minimum atomic E-state index is -0.482. The Morgan fingerprint density at radius 3 is 2.36 bits per heavy atom. The Balaban J connectivity index is 2.19. The summed E-state index contributed by atoms with van der Waals surface area (Å²) in [5.74, 6) is 0.171. The van der Waals surface area contributed by atoms with Crippen LogP contribution in [0.25, 0.3) is 0 Å². The third-order valence-corrected chi connectivity index (χ3v) is 3.91. The molecule has 0 radical (unpaired) electrons. The molecule has 1 aliphatic rings. The molecule has 2 amide bonds. The number of methoxy groups -OCH3 is 1. The summed E-state index contributed by atoms with van der Waals surface area (Å²) < 4.78 is 5.21. The molecular weight excluding hydrogens is 280 g/mol. The van der Waals surface area contributed by atoms with Gasteiger partial charge in [0.05, 0.1) is 18.2 Å². The van der Waals surface area contributed by atoms with E-state index in [1.165, 1.54) is 12.1 Å². The van der Waals surface area contributed by atoms with Gasteiger partial charge in [-0.2, -0.15) is 0 Å². The number of benzene rings is 1. The summed E-state index contributed by atoms with van der Waals surface area (Å²) in [6, 6.07) is 6.98. The van der Waals surface area contributed by atoms with Crippen molar-refractivity contribution >= 4 is 11.8 Å². The zero-order chi connectivity index (χ0) is 16.3. The normalized spacial score (nSPS) is 14.9. The summed E-state index contributed by atoms with van der Waals surface area (Å²) in [6.45, 7) is 5.73. The number of hydrazine groups is 1. The highest BCUT2D eigenvalue weighted by molar-refractivity contribution is 5.98. The van der Waals surface area contributed by atoms with E-state index in [1.807, 2.05) is 20.8 Å². The van der Waals surface area contributed by atoms with Gasteiger partial charge in [0.2, 0.25) is 5.91 Å². The highest BCUT2D eigenvalue weighted by Gasteiger charge is 2.36. The number of para-hydroxylation sites is 1. The molecule has 2 rings (SSSR count). The van der Waals surface area contributed by atoms with E-state index in [0.29, 0.717) is 11.3 Å². The fraction of sp³-hybridized carbons (Fsp3) is 0.529. The van der Waals surface area contributed by atoms with Gasteiger partial charge in [-0.1, -0.05) is 18.6 Å². The molecule has 0 bridgehead atoms. The van der Waals surface area contributed by atoms with Crippen molar-refractivity contribution in [1.82, 2.24) is 10.4 Å². The molecule has 1 aromatic carbocycles. The van der Waals surface area contributed by atoms with Crippen LogP contribution in [0.1, 0.15) is 50.4 Å². The smallest absolute Gasteiger partial charge is 0.273 e. The fourth-order valence-corrected chi connectivity index (χ4v) is 2.39. The van der Waals surface area contributed by atoms with Gasteiger partial charge in [-0.3, -0.25) is 15.0 Å². The predicted molar refractivity (Wildman–Crippen MR) is 84.4 cm³/mol. The van der Waals surface area contributed by atoms with Crippen molar-refractivity contribution in [2.75, 3.05) is 7.11 Å². The lowest BCUT2D eigenvalue weighted by atomic mass is 9.84. The monoisotopic (exact) mass is 304 g/mol. The Bertz CT molecular complexity index is 559. The van der Waals surface area contributed by atoms with E-state index in [1.54, 1.807) is 24.3 Å². The molecular formula is C17H24N2O3. The van der Waals surface area contributed by atoms with E-state index in [-0.39, 0.29) is 17.7 Å². The maximum atomic E-state index is 12.6. The molecule has 1 N–H and O–H groups in total. The average molecular weight is 304 g/mol. The highest BCUT2D eigenvalue weighted by Crippen LogP contribution is 2.30. The molecule has 5 heteroatoms. The largest absolute Gasteiger partial charge is 0.496 e. The number of hydrogen-bond donors (Lipinski definition) is 1. The minimum absolute atomic E-state index is 0.0120. The quantitative estimate of drug-likeness (QED) is 0.874. The number of nitrogens with one attached hydrogen (secondary N) is 1. The molecule has 0 heterocycles. The van der Waals surface area contributed by atoms with Gasteiger partial charge < -0.3 is 4.74 Å². The topological polar surface area (TPSA) is 58.6 Å². The first-order chi connectivity index (χ1) is 10.3. The van der Waals surface area contributed by atoms with Crippen LogP contribution < -0.4 is 10.2 Å².